The Kier molecular flexibility index (Phi) is 4.39. The number of halogens is 2. The normalized spacial score (nSPS) is 10.5. The number of nitrogens with zero attached hydrogens (tertiary/aromatic N) is 1. The van der Waals surface area contributed by atoms with Crippen LogP contribution in [0.5, 0.6) is 0 Å². The molecule has 0 aliphatic rings. The minimum Gasteiger partial charge on any atom is -0.355 e. The molecular weight excluding hydrogens is 319 g/mol. The summed E-state index contributed by atoms with van der Waals surface area (Å²) in [6.45, 7) is 0.276. The Labute approximate surface area is 136 Å². The lowest BCUT2D eigenvalue weighted by Gasteiger charge is -2.02. The molecule has 4 nitrogen and oxygen atoms in total. The van der Waals surface area contributed by atoms with Crippen molar-refractivity contribution in [2.45, 2.75) is 6.54 Å². The second-order valence-electron chi connectivity index (χ2n) is 4.90. The summed E-state index contributed by atoms with van der Waals surface area (Å²) in [7, 11) is 0. The zero-order valence-electron chi connectivity index (χ0n) is 11.9. The van der Waals surface area contributed by atoms with Gasteiger partial charge in [-0.15, -0.1) is 0 Å². The molecule has 0 saturated carbocycles. The van der Waals surface area contributed by atoms with E-state index in [2.05, 4.69) is 10.5 Å². The van der Waals surface area contributed by atoms with Gasteiger partial charge in [0, 0.05) is 23.2 Å². The van der Waals surface area contributed by atoms with Gasteiger partial charge in [-0.1, -0.05) is 41.0 Å². The fourth-order valence-corrected chi connectivity index (χ4v) is 2.23. The molecule has 23 heavy (non-hydrogen) atoms. The fourth-order valence-electron chi connectivity index (χ4n) is 2.04. The van der Waals surface area contributed by atoms with Crippen LogP contribution in [0.2, 0.25) is 5.02 Å². The van der Waals surface area contributed by atoms with E-state index < -0.39 is 0 Å². The summed E-state index contributed by atoms with van der Waals surface area (Å²) in [6.07, 6.45) is 0. The smallest absolute Gasteiger partial charge is 0.273 e. The quantitative estimate of drug-likeness (QED) is 0.784. The van der Waals surface area contributed by atoms with E-state index in [4.69, 9.17) is 16.1 Å². The van der Waals surface area contributed by atoms with Crippen LogP contribution in [0, 0.1) is 5.82 Å². The highest BCUT2D eigenvalue weighted by Crippen LogP contribution is 2.23. The summed E-state index contributed by atoms with van der Waals surface area (Å²) in [4.78, 5) is 12.1. The van der Waals surface area contributed by atoms with Gasteiger partial charge in [-0.05, 0) is 29.8 Å². The first kappa shape index (κ1) is 15.2. The number of carbonyl (C=O) groups excluding carboxylic acids is 1. The van der Waals surface area contributed by atoms with Gasteiger partial charge >= 0.3 is 0 Å². The van der Waals surface area contributed by atoms with Gasteiger partial charge in [-0.2, -0.15) is 0 Å². The SMILES string of the molecule is O=C(NCc1ccc(F)cc1)c1cc(-c2cccc(Cl)c2)on1. The zero-order valence-corrected chi connectivity index (χ0v) is 12.7. The van der Waals surface area contributed by atoms with E-state index in [-0.39, 0.29) is 24.0 Å². The molecule has 0 radical (unpaired) electrons. The number of aromatic nitrogens is 1. The minimum atomic E-state index is -0.369. The molecular formula is C17H12ClFN2O2. The highest BCUT2D eigenvalue weighted by Gasteiger charge is 2.13. The molecule has 6 heteroatoms. The van der Waals surface area contributed by atoms with Gasteiger partial charge in [0.1, 0.15) is 5.82 Å². The second-order valence-corrected chi connectivity index (χ2v) is 5.33. The topological polar surface area (TPSA) is 55.1 Å². The van der Waals surface area contributed by atoms with Crippen molar-refractivity contribution in [2.24, 2.45) is 0 Å². The van der Waals surface area contributed by atoms with Gasteiger partial charge in [0.05, 0.1) is 0 Å². The van der Waals surface area contributed by atoms with Crippen LogP contribution in [0.1, 0.15) is 16.1 Å². The summed E-state index contributed by atoms with van der Waals surface area (Å²) in [5.74, 6) is -0.228. The molecule has 1 N–H and O–H groups in total. The third kappa shape index (κ3) is 3.76. The Morgan fingerprint density at radius 2 is 1.96 bits per heavy atom. The van der Waals surface area contributed by atoms with Gasteiger partial charge in [0.2, 0.25) is 0 Å². The Bertz CT molecular complexity index is 831. The minimum absolute atomic E-state index is 0.169. The number of benzene rings is 2. The molecule has 0 bridgehead atoms. The van der Waals surface area contributed by atoms with Crippen molar-refractivity contribution in [1.29, 1.82) is 0 Å². The average molecular weight is 331 g/mol. The number of hydrogen-bond acceptors (Lipinski definition) is 3. The lowest BCUT2D eigenvalue weighted by atomic mass is 10.1. The van der Waals surface area contributed by atoms with Crippen molar-refractivity contribution in [3.63, 3.8) is 0 Å². The molecule has 0 atom stereocenters. The first-order valence-electron chi connectivity index (χ1n) is 6.87. The van der Waals surface area contributed by atoms with E-state index in [0.29, 0.717) is 10.8 Å². The number of carbonyl (C=O) groups is 1. The zero-order chi connectivity index (χ0) is 16.2. The van der Waals surface area contributed by atoms with Crippen LogP contribution in [0.15, 0.2) is 59.1 Å². The summed E-state index contributed by atoms with van der Waals surface area (Å²) < 4.78 is 18.0. The Hall–Kier alpha value is -2.66. The van der Waals surface area contributed by atoms with Crippen LogP contribution in [-0.4, -0.2) is 11.1 Å². The van der Waals surface area contributed by atoms with Crippen molar-refractivity contribution < 1.29 is 13.7 Å². The Morgan fingerprint density at radius 1 is 1.17 bits per heavy atom. The van der Waals surface area contributed by atoms with E-state index in [1.165, 1.54) is 12.1 Å². The van der Waals surface area contributed by atoms with Gasteiger partial charge in [-0.3, -0.25) is 4.79 Å². The van der Waals surface area contributed by atoms with Crippen LogP contribution in [0.3, 0.4) is 0 Å². The molecule has 2 aromatic carbocycles. The standard InChI is InChI=1S/C17H12ClFN2O2/c18-13-3-1-2-12(8-13)16-9-15(21-23-16)17(22)20-10-11-4-6-14(19)7-5-11/h1-9H,10H2,(H,20,22). The summed E-state index contributed by atoms with van der Waals surface area (Å²) in [5.41, 5.74) is 1.70. The van der Waals surface area contributed by atoms with Gasteiger partial charge in [0.25, 0.3) is 5.91 Å². The first-order chi connectivity index (χ1) is 11.1. The van der Waals surface area contributed by atoms with Crippen LogP contribution < -0.4 is 5.32 Å². The number of hydrogen-bond donors (Lipinski definition) is 1. The summed E-state index contributed by atoms with van der Waals surface area (Å²) in [6, 6.07) is 14.5. The number of nitrogens with one attached hydrogen (secondary N) is 1. The predicted octanol–water partition coefficient (Wildman–Crippen LogP) is 4.06. The van der Waals surface area contributed by atoms with Crippen molar-refractivity contribution in [2.75, 3.05) is 0 Å². The van der Waals surface area contributed by atoms with E-state index in [0.717, 1.165) is 11.1 Å². The average Bonchev–Trinajstić information content (AvgIpc) is 3.04. The molecule has 0 aliphatic heterocycles. The first-order valence-corrected chi connectivity index (χ1v) is 7.25. The molecule has 1 heterocycles. The van der Waals surface area contributed by atoms with Gasteiger partial charge in [-0.25, -0.2) is 4.39 Å². The molecule has 0 spiro atoms. The van der Waals surface area contributed by atoms with Crippen LogP contribution in [0.25, 0.3) is 11.3 Å². The highest BCUT2D eigenvalue weighted by molar-refractivity contribution is 6.30. The lowest BCUT2D eigenvalue weighted by molar-refractivity contribution is 0.0942. The second kappa shape index (κ2) is 6.62. The Morgan fingerprint density at radius 3 is 2.70 bits per heavy atom. The van der Waals surface area contributed by atoms with E-state index in [1.807, 2.05) is 6.07 Å². The monoisotopic (exact) mass is 330 g/mol. The molecule has 3 aromatic rings. The van der Waals surface area contributed by atoms with E-state index in [1.54, 1.807) is 36.4 Å². The third-order valence-electron chi connectivity index (χ3n) is 3.22. The van der Waals surface area contributed by atoms with Crippen molar-refractivity contribution in [1.82, 2.24) is 10.5 Å². The molecule has 3 rings (SSSR count). The Balaban J connectivity index is 1.67. The maximum atomic E-state index is 12.8. The number of rotatable bonds is 4. The molecule has 116 valence electrons. The van der Waals surface area contributed by atoms with Crippen molar-refractivity contribution in [3.05, 3.63) is 76.7 Å². The van der Waals surface area contributed by atoms with Crippen LogP contribution in [-0.2, 0) is 6.54 Å². The summed E-state index contributed by atoms with van der Waals surface area (Å²) in [5, 5.41) is 7.03. The van der Waals surface area contributed by atoms with Crippen molar-refractivity contribution in [3.8, 4) is 11.3 Å². The van der Waals surface area contributed by atoms with Crippen LogP contribution in [0.4, 0.5) is 4.39 Å². The number of amides is 1. The van der Waals surface area contributed by atoms with Crippen LogP contribution >= 0.6 is 11.6 Å². The van der Waals surface area contributed by atoms with Crippen molar-refractivity contribution >= 4 is 17.5 Å². The largest absolute Gasteiger partial charge is 0.355 e. The molecule has 1 aromatic heterocycles. The van der Waals surface area contributed by atoms with Gasteiger partial charge < -0.3 is 9.84 Å². The van der Waals surface area contributed by atoms with E-state index in [9.17, 15) is 9.18 Å². The summed E-state index contributed by atoms with van der Waals surface area (Å²) >= 11 is 5.92. The maximum absolute atomic E-state index is 12.8. The molecule has 0 unspecified atom stereocenters. The maximum Gasteiger partial charge on any atom is 0.273 e. The fraction of sp³-hybridized carbons (Fsp3) is 0.0588. The molecule has 0 aliphatic carbocycles. The molecule has 0 fully saturated rings. The third-order valence-corrected chi connectivity index (χ3v) is 3.45. The van der Waals surface area contributed by atoms with E-state index >= 15 is 0 Å². The molecule has 1 amide bonds. The van der Waals surface area contributed by atoms with Gasteiger partial charge in [0.15, 0.2) is 11.5 Å². The molecule has 0 saturated heterocycles. The highest BCUT2D eigenvalue weighted by atomic mass is 35.5. The lowest BCUT2D eigenvalue weighted by Crippen LogP contribution is -2.23. The predicted molar refractivity (Wildman–Crippen MR) is 84.5 cm³/mol.